The highest BCUT2D eigenvalue weighted by Crippen LogP contribution is 2.32. The standard InChI is InChI=1S/C16H16ClNO/c17-15-4-2-1-3-12(15)10-19-13-6-7-14-11(9-13)5-8-16(14)18/h1-4,6-7,9,16H,5,8,10,18H2/t16-/m0/s1. The zero-order valence-electron chi connectivity index (χ0n) is 10.6. The monoisotopic (exact) mass is 273 g/mol. The van der Waals surface area contributed by atoms with Gasteiger partial charge in [-0.1, -0.05) is 35.9 Å². The molecule has 0 saturated carbocycles. The van der Waals surface area contributed by atoms with Gasteiger partial charge >= 0.3 is 0 Å². The molecule has 3 heteroatoms. The molecule has 0 spiro atoms. The van der Waals surface area contributed by atoms with Crippen molar-refractivity contribution in [2.45, 2.75) is 25.5 Å². The van der Waals surface area contributed by atoms with Crippen molar-refractivity contribution >= 4 is 11.6 Å². The molecule has 0 radical (unpaired) electrons. The number of halogens is 1. The van der Waals surface area contributed by atoms with Crippen LogP contribution in [0.25, 0.3) is 0 Å². The Hall–Kier alpha value is -1.51. The summed E-state index contributed by atoms with van der Waals surface area (Å²) in [5.41, 5.74) is 9.59. The van der Waals surface area contributed by atoms with Crippen LogP contribution < -0.4 is 10.5 Å². The summed E-state index contributed by atoms with van der Waals surface area (Å²) in [5, 5.41) is 0.741. The molecule has 0 unspecified atom stereocenters. The Bertz CT molecular complexity index is 597. The molecule has 1 aliphatic carbocycles. The largest absolute Gasteiger partial charge is 0.489 e. The molecule has 0 aromatic heterocycles. The molecule has 0 fully saturated rings. The second-order valence-corrected chi connectivity index (χ2v) is 5.29. The Balaban J connectivity index is 1.73. The van der Waals surface area contributed by atoms with Crippen LogP contribution in [0.15, 0.2) is 42.5 Å². The first kappa shape index (κ1) is 12.5. The summed E-state index contributed by atoms with van der Waals surface area (Å²) in [7, 11) is 0. The van der Waals surface area contributed by atoms with Gasteiger partial charge in [-0.05, 0) is 42.2 Å². The predicted molar refractivity (Wildman–Crippen MR) is 77.5 cm³/mol. The van der Waals surface area contributed by atoms with Gasteiger partial charge in [-0.25, -0.2) is 0 Å². The topological polar surface area (TPSA) is 35.2 Å². The number of fused-ring (bicyclic) bond motifs is 1. The van der Waals surface area contributed by atoms with E-state index in [9.17, 15) is 0 Å². The van der Waals surface area contributed by atoms with E-state index in [0.29, 0.717) is 6.61 Å². The maximum absolute atomic E-state index is 6.11. The second-order valence-electron chi connectivity index (χ2n) is 4.89. The molecule has 2 aromatic carbocycles. The first-order valence-electron chi connectivity index (χ1n) is 6.48. The molecular weight excluding hydrogens is 258 g/mol. The average Bonchev–Trinajstić information content (AvgIpc) is 2.79. The van der Waals surface area contributed by atoms with Crippen LogP contribution in [0.4, 0.5) is 0 Å². The maximum atomic E-state index is 6.11. The molecule has 1 atom stereocenters. The van der Waals surface area contributed by atoms with Gasteiger partial charge in [0.1, 0.15) is 12.4 Å². The van der Waals surface area contributed by atoms with Crippen molar-refractivity contribution in [3.63, 3.8) is 0 Å². The number of ether oxygens (including phenoxy) is 1. The zero-order valence-corrected chi connectivity index (χ0v) is 11.4. The summed E-state index contributed by atoms with van der Waals surface area (Å²) >= 11 is 6.11. The molecule has 98 valence electrons. The molecule has 2 aromatic rings. The van der Waals surface area contributed by atoms with Crippen LogP contribution in [0.3, 0.4) is 0 Å². The fourth-order valence-electron chi connectivity index (χ4n) is 2.49. The van der Waals surface area contributed by atoms with Crippen molar-refractivity contribution in [3.8, 4) is 5.75 Å². The van der Waals surface area contributed by atoms with E-state index in [2.05, 4.69) is 12.1 Å². The quantitative estimate of drug-likeness (QED) is 0.921. The minimum atomic E-state index is 0.188. The summed E-state index contributed by atoms with van der Waals surface area (Å²) in [4.78, 5) is 0. The Morgan fingerprint density at radius 2 is 2.05 bits per heavy atom. The number of aryl methyl sites for hydroxylation is 1. The number of hydrogen-bond donors (Lipinski definition) is 1. The van der Waals surface area contributed by atoms with Gasteiger partial charge in [0.05, 0.1) is 0 Å². The molecule has 0 heterocycles. The van der Waals surface area contributed by atoms with Crippen molar-refractivity contribution in [1.29, 1.82) is 0 Å². The zero-order chi connectivity index (χ0) is 13.2. The molecule has 19 heavy (non-hydrogen) atoms. The summed E-state index contributed by atoms with van der Waals surface area (Å²) in [6, 6.07) is 14.1. The Kier molecular flexibility index (Phi) is 3.45. The first-order valence-corrected chi connectivity index (χ1v) is 6.86. The first-order chi connectivity index (χ1) is 9.24. The minimum Gasteiger partial charge on any atom is -0.489 e. The van der Waals surface area contributed by atoms with Gasteiger partial charge in [0.15, 0.2) is 0 Å². The van der Waals surface area contributed by atoms with E-state index in [-0.39, 0.29) is 6.04 Å². The van der Waals surface area contributed by atoms with Crippen LogP contribution in [-0.2, 0) is 13.0 Å². The molecule has 0 saturated heterocycles. The Morgan fingerprint density at radius 1 is 1.21 bits per heavy atom. The normalized spacial score (nSPS) is 17.3. The number of nitrogens with two attached hydrogens (primary N) is 1. The van der Waals surface area contributed by atoms with Crippen molar-refractivity contribution in [2.24, 2.45) is 5.73 Å². The molecule has 0 bridgehead atoms. The molecule has 0 aliphatic heterocycles. The lowest BCUT2D eigenvalue weighted by Gasteiger charge is -2.10. The van der Waals surface area contributed by atoms with Crippen molar-refractivity contribution in [2.75, 3.05) is 0 Å². The van der Waals surface area contributed by atoms with E-state index < -0.39 is 0 Å². The Morgan fingerprint density at radius 3 is 2.89 bits per heavy atom. The van der Waals surface area contributed by atoms with Gasteiger partial charge < -0.3 is 10.5 Å². The van der Waals surface area contributed by atoms with E-state index in [0.717, 1.165) is 29.2 Å². The third-order valence-corrected chi connectivity index (χ3v) is 3.96. The van der Waals surface area contributed by atoms with Crippen LogP contribution >= 0.6 is 11.6 Å². The fraction of sp³-hybridized carbons (Fsp3) is 0.250. The molecule has 0 amide bonds. The number of hydrogen-bond acceptors (Lipinski definition) is 2. The van der Waals surface area contributed by atoms with E-state index in [4.69, 9.17) is 22.1 Å². The van der Waals surface area contributed by atoms with Crippen LogP contribution in [0.2, 0.25) is 5.02 Å². The summed E-state index contributed by atoms with van der Waals surface area (Å²) in [6.45, 7) is 0.491. The highest BCUT2D eigenvalue weighted by atomic mass is 35.5. The number of benzene rings is 2. The lowest BCUT2D eigenvalue weighted by atomic mass is 10.1. The third kappa shape index (κ3) is 2.60. The molecular formula is C16H16ClNO. The number of rotatable bonds is 3. The summed E-state index contributed by atoms with van der Waals surface area (Å²) in [5.74, 6) is 0.882. The lowest BCUT2D eigenvalue weighted by Crippen LogP contribution is -2.05. The van der Waals surface area contributed by atoms with Gasteiger partial charge in [0.25, 0.3) is 0 Å². The third-order valence-electron chi connectivity index (χ3n) is 3.59. The highest BCUT2D eigenvalue weighted by Gasteiger charge is 2.19. The van der Waals surface area contributed by atoms with E-state index >= 15 is 0 Å². The minimum absolute atomic E-state index is 0.188. The molecule has 2 N–H and O–H groups in total. The van der Waals surface area contributed by atoms with Gasteiger partial charge in [0, 0.05) is 16.6 Å². The molecule has 1 aliphatic rings. The van der Waals surface area contributed by atoms with Crippen molar-refractivity contribution in [1.82, 2.24) is 0 Å². The average molecular weight is 274 g/mol. The SMILES string of the molecule is N[C@H]1CCc2cc(OCc3ccccc3Cl)ccc21. The predicted octanol–water partition coefficient (Wildman–Crippen LogP) is 3.87. The summed E-state index contributed by atoms with van der Waals surface area (Å²) < 4.78 is 5.81. The van der Waals surface area contributed by atoms with Crippen molar-refractivity contribution in [3.05, 3.63) is 64.2 Å². The van der Waals surface area contributed by atoms with Gasteiger partial charge in [0.2, 0.25) is 0 Å². The highest BCUT2D eigenvalue weighted by molar-refractivity contribution is 6.31. The Labute approximate surface area is 118 Å². The van der Waals surface area contributed by atoms with Gasteiger partial charge in [-0.3, -0.25) is 0 Å². The van der Waals surface area contributed by atoms with E-state index in [1.807, 2.05) is 30.3 Å². The second kappa shape index (κ2) is 5.24. The smallest absolute Gasteiger partial charge is 0.120 e. The van der Waals surface area contributed by atoms with Crippen LogP contribution in [0.1, 0.15) is 29.2 Å². The van der Waals surface area contributed by atoms with E-state index in [1.54, 1.807) is 0 Å². The summed E-state index contributed by atoms with van der Waals surface area (Å²) in [6.07, 6.45) is 2.07. The van der Waals surface area contributed by atoms with Gasteiger partial charge in [-0.2, -0.15) is 0 Å². The van der Waals surface area contributed by atoms with Crippen molar-refractivity contribution < 1.29 is 4.74 Å². The fourth-order valence-corrected chi connectivity index (χ4v) is 2.68. The molecule has 3 rings (SSSR count). The lowest BCUT2D eigenvalue weighted by molar-refractivity contribution is 0.306. The van der Waals surface area contributed by atoms with E-state index in [1.165, 1.54) is 11.1 Å². The van der Waals surface area contributed by atoms with Gasteiger partial charge in [-0.15, -0.1) is 0 Å². The van der Waals surface area contributed by atoms with Crippen LogP contribution in [0.5, 0.6) is 5.75 Å². The van der Waals surface area contributed by atoms with Crippen LogP contribution in [-0.4, -0.2) is 0 Å². The molecule has 2 nitrogen and oxygen atoms in total. The van der Waals surface area contributed by atoms with Crippen LogP contribution in [0, 0.1) is 0 Å². The maximum Gasteiger partial charge on any atom is 0.120 e.